The lowest BCUT2D eigenvalue weighted by atomic mass is 9.75. The Morgan fingerprint density at radius 2 is 1.70 bits per heavy atom. The molecule has 0 saturated heterocycles. The van der Waals surface area contributed by atoms with Crippen LogP contribution in [-0.4, -0.2) is 0 Å². The average molecular weight is 276 g/mol. The quantitative estimate of drug-likeness (QED) is 0.570. The van der Waals surface area contributed by atoms with Crippen LogP contribution in [0.1, 0.15) is 76.7 Å². The zero-order valence-corrected chi connectivity index (χ0v) is 13.1. The molecule has 0 aliphatic heterocycles. The molecule has 0 N–H and O–H groups in total. The summed E-state index contributed by atoms with van der Waals surface area (Å²) in [5, 5.41) is 0. The Balaban J connectivity index is 1.81. The molecule has 2 rings (SSSR count). The lowest BCUT2D eigenvalue weighted by Crippen LogP contribution is -2.16. The first-order chi connectivity index (χ1) is 9.72. The van der Waals surface area contributed by atoms with E-state index in [-0.39, 0.29) is 5.82 Å². The molecule has 112 valence electrons. The van der Waals surface area contributed by atoms with Gasteiger partial charge in [-0.2, -0.15) is 0 Å². The van der Waals surface area contributed by atoms with E-state index in [9.17, 15) is 4.39 Å². The van der Waals surface area contributed by atoms with Gasteiger partial charge < -0.3 is 0 Å². The van der Waals surface area contributed by atoms with Crippen molar-refractivity contribution in [1.82, 2.24) is 0 Å². The Morgan fingerprint density at radius 3 is 2.25 bits per heavy atom. The molecule has 0 spiro atoms. The fraction of sp³-hybridized carbons (Fsp3) is 0.684. The number of hydrogen-bond donors (Lipinski definition) is 0. The lowest BCUT2D eigenvalue weighted by molar-refractivity contribution is 0.257. The third-order valence-electron chi connectivity index (χ3n) is 5.13. The predicted octanol–water partition coefficient (Wildman–Crippen LogP) is 6.32. The summed E-state index contributed by atoms with van der Waals surface area (Å²) in [6.45, 7) is 4.64. The molecule has 0 radical (unpaired) electrons. The van der Waals surface area contributed by atoms with Crippen LogP contribution in [0.2, 0.25) is 0 Å². The number of hydrogen-bond acceptors (Lipinski definition) is 0. The van der Waals surface area contributed by atoms with Crippen LogP contribution in [0.25, 0.3) is 0 Å². The van der Waals surface area contributed by atoms with Gasteiger partial charge in [0, 0.05) is 0 Å². The van der Waals surface area contributed by atoms with Gasteiger partial charge in [0.15, 0.2) is 0 Å². The fourth-order valence-electron chi connectivity index (χ4n) is 3.83. The summed E-state index contributed by atoms with van der Waals surface area (Å²) in [5.41, 5.74) is 1.34. The molecule has 0 heterocycles. The Kier molecular flexibility index (Phi) is 6.06. The average Bonchev–Trinajstić information content (AvgIpc) is 2.48. The minimum Gasteiger partial charge on any atom is -0.207 e. The fourth-order valence-corrected chi connectivity index (χ4v) is 3.83. The topological polar surface area (TPSA) is 0 Å². The molecule has 1 aliphatic carbocycles. The Hall–Kier alpha value is -0.850. The molecule has 1 fully saturated rings. The van der Waals surface area contributed by atoms with Crippen molar-refractivity contribution in [3.63, 3.8) is 0 Å². The van der Waals surface area contributed by atoms with Crippen LogP contribution in [0.3, 0.4) is 0 Å². The maximum Gasteiger partial charge on any atom is 0.123 e. The number of benzene rings is 1. The van der Waals surface area contributed by atoms with Gasteiger partial charge in [-0.3, -0.25) is 0 Å². The highest BCUT2D eigenvalue weighted by Crippen LogP contribution is 2.39. The van der Waals surface area contributed by atoms with Crippen molar-refractivity contribution >= 4 is 0 Å². The maximum atomic E-state index is 13.0. The summed E-state index contributed by atoms with van der Waals surface area (Å²) in [6, 6.07) is 7.17. The van der Waals surface area contributed by atoms with Crippen LogP contribution in [0.15, 0.2) is 24.3 Å². The second-order valence-corrected chi connectivity index (χ2v) is 6.57. The van der Waals surface area contributed by atoms with Crippen molar-refractivity contribution in [3.05, 3.63) is 35.6 Å². The predicted molar refractivity (Wildman–Crippen MR) is 84.4 cm³/mol. The van der Waals surface area contributed by atoms with Gasteiger partial charge in [-0.1, -0.05) is 45.2 Å². The van der Waals surface area contributed by atoms with Gasteiger partial charge in [0.1, 0.15) is 5.82 Å². The van der Waals surface area contributed by atoms with E-state index in [0.717, 1.165) is 11.8 Å². The molecule has 0 bridgehead atoms. The molecule has 1 aromatic rings. The van der Waals surface area contributed by atoms with Crippen LogP contribution in [0, 0.1) is 17.7 Å². The summed E-state index contributed by atoms with van der Waals surface area (Å²) < 4.78 is 13.0. The summed E-state index contributed by atoms with van der Waals surface area (Å²) >= 11 is 0. The van der Waals surface area contributed by atoms with Gasteiger partial charge in [0.2, 0.25) is 0 Å². The van der Waals surface area contributed by atoms with Crippen molar-refractivity contribution in [2.24, 2.45) is 11.8 Å². The van der Waals surface area contributed by atoms with E-state index in [1.165, 1.54) is 56.9 Å². The summed E-state index contributed by atoms with van der Waals surface area (Å²) in [4.78, 5) is 0. The molecule has 0 amide bonds. The molecule has 1 unspecified atom stereocenters. The third-order valence-corrected chi connectivity index (χ3v) is 5.13. The van der Waals surface area contributed by atoms with Crippen LogP contribution >= 0.6 is 0 Å². The molecule has 1 aliphatic rings. The second kappa shape index (κ2) is 7.81. The van der Waals surface area contributed by atoms with Gasteiger partial charge in [0.05, 0.1) is 0 Å². The Morgan fingerprint density at radius 1 is 1.05 bits per heavy atom. The first-order valence-electron chi connectivity index (χ1n) is 8.48. The van der Waals surface area contributed by atoms with E-state index >= 15 is 0 Å². The van der Waals surface area contributed by atoms with Gasteiger partial charge in [-0.25, -0.2) is 4.39 Å². The van der Waals surface area contributed by atoms with Crippen molar-refractivity contribution in [2.45, 2.75) is 71.1 Å². The molecule has 1 saturated carbocycles. The molecule has 1 aromatic carbocycles. The summed E-state index contributed by atoms with van der Waals surface area (Å²) in [6.07, 6.45) is 10.8. The van der Waals surface area contributed by atoms with Crippen molar-refractivity contribution in [3.8, 4) is 0 Å². The number of rotatable bonds is 6. The largest absolute Gasteiger partial charge is 0.207 e. The monoisotopic (exact) mass is 276 g/mol. The normalized spacial score (nSPS) is 24.6. The minimum atomic E-state index is -0.118. The van der Waals surface area contributed by atoms with Gasteiger partial charge in [-0.05, 0) is 67.6 Å². The standard InChI is InChI=1S/C19H29F/c1-3-5-15(4-2)14-16-6-8-17(9-7-16)18-10-12-19(20)13-11-18/h10-13,15-17H,3-9,14H2,1-2H3. The van der Waals surface area contributed by atoms with Crippen molar-refractivity contribution in [2.75, 3.05) is 0 Å². The van der Waals surface area contributed by atoms with Crippen molar-refractivity contribution < 1.29 is 4.39 Å². The Labute approximate surface area is 123 Å². The van der Waals surface area contributed by atoms with Crippen LogP contribution < -0.4 is 0 Å². The zero-order chi connectivity index (χ0) is 14.4. The van der Waals surface area contributed by atoms with E-state index in [4.69, 9.17) is 0 Å². The van der Waals surface area contributed by atoms with Crippen LogP contribution in [-0.2, 0) is 0 Å². The van der Waals surface area contributed by atoms with Gasteiger partial charge >= 0.3 is 0 Å². The highest BCUT2D eigenvalue weighted by atomic mass is 19.1. The van der Waals surface area contributed by atoms with Crippen LogP contribution in [0.5, 0.6) is 0 Å². The van der Waals surface area contributed by atoms with Gasteiger partial charge in [0.25, 0.3) is 0 Å². The zero-order valence-electron chi connectivity index (χ0n) is 13.1. The Bertz CT molecular complexity index is 373. The molecular weight excluding hydrogens is 247 g/mol. The van der Waals surface area contributed by atoms with Gasteiger partial charge in [-0.15, -0.1) is 0 Å². The van der Waals surface area contributed by atoms with E-state index in [1.54, 1.807) is 12.1 Å². The molecular formula is C19H29F. The molecule has 0 aromatic heterocycles. The maximum absolute atomic E-state index is 13.0. The third kappa shape index (κ3) is 4.33. The molecule has 20 heavy (non-hydrogen) atoms. The summed E-state index contributed by atoms with van der Waals surface area (Å²) in [5.74, 6) is 2.42. The molecule has 1 atom stereocenters. The van der Waals surface area contributed by atoms with Crippen molar-refractivity contribution in [1.29, 1.82) is 0 Å². The summed E-state index contributed by atoms with van der Waals surface area (Å²) in [7, 11) is 0. The smallest absolute Gasteiger partial charge is 0.123 e. The molecule has 0 nitrogen and oxygen atoms in total. The number of halogens is 1. The van der Waals surface area contributed by atoms with E-state index < -0.39 is 0 Å². The van der Waals surface area contributed by atoms with E-state index in [1.807, 2.05) is 12.1 Å². The first kappa shape index (κ1) is 15.5. The molecule has 1 heteroatoms. The highest BCUT2D eigenvalue weighted by molar-refractivity contribution is 5.20. The minimum absolute atomic E-state index is 0.118. The lowest BCUT2D eigenvalue weighted by Gasteiger charge is -2.31. The first-order valence-corrected chi connectivity index (χ1v) is 8.48. The van der Waals surface area contributed by atoms with E-state index in [2.05, 4.69) is 13.8 Å². The van der Waals surface area contributed by atoms with E-state index in [0.29, 0.717) is 5.92 Å². The highest BCUT2D eigenvalue weighted by Gasteiger charge is 2.24. The van der Waals surface area contributed by atoms with Crippen LogP contribution in [0.4, 0.5) is 4.39 Å². The SMILES string of the molecule is CCCC(CC)CC1CCC(c2ccc(F)cc2)CC1. The second-order valence-electron chi connectivity index (χ2n) is 6.57.